The predicted octanol–water partition coefficient (Wildman–Crippen LogP) is 3.64. The highest BCUT2D eigenvalue weighted by molar-refractivity contribution is 5.33. The number of halogens is 1. The van der Waals surface area contributed by atoms with E-state index in [-0.39, 0.29) is 11.2 Å². The van der Waals surface area contributed by atoms with E-state index in [2.05, 4.69) is 19.2 Å². The largest absolute Gasteiger partial charge is 0.314 e. The van der Waals surface area contributed by atoms with Crippen LogP contribution in [0.2, 0.25) is 0 Å². The summed E-state index contributed by atoms with van der Waals surface area (Å²) in [7, 11) is 0. The molecule has 0 bridgehead atoms. The number of benzene rings is 1. The molecule has 0 unspecified atom stereocenters. The molecule has 98 valence electrons. The maximum absolute atomic E-state index is 13.1. The van der Waals surface area contributed by atoms with Gasteiger partial charge in [-0.25, -0.2) is 4.39 Å². The predicted molar refractivity (Wildman–Crippen MR) is 72.1 cm³/mol. The summed E-state index contributed by atoms with van der Waals surface area (Å²) in [6.45, 7) is 5.39. The number of rotatable bonds is 4. The Balaban J connectivity index is 1.79. The van der Waals surface area contributed by atoms with Gasteiger partial charge in [0.25, 0.3) is 0 Å². The standard InChI is InChI=1S/C16H22FN/c1-12(2)18-11-16(9-15(10-16)7-8-15)13-3-5-14(17)6-4-13/h3-6,12,18H,7-11H2,1-2H3. The van der Waals surface area contributed by atoms with Crippen LogP contribution in [0.5, 0.6) is 0 Å². The molecule has 0 aromatic heterocycles. The lowest BCUT2D eigenvalue weighted by atomic mass is 9.56. The van der Waals surface area contributed by atoms with Gasteiger partial charge in [-0.15, -0.1) is 0 Å². The van der Waals surface area contributed by atoms with Crippen LogP contribution in [0.1, 0.15) is 45.1 Å². The van der Waals surface area contributed by atoms with Crippen LogP contribution in [-0.2, 0) is 5.41 Å². The van der Waals surface area contributed by atoms with E-state index >= 15 is 0 Å². The van der Waals surface area contributed by atoms with Crippen molar-refractivity contribution in [3.8, 4) is 0 Å². The number of hydrogen-bond donors (Lipinski definition) is 1. The summed E-state index contributed by atoms with van der Waals surface area (Å²) in [5.41, 5.74) is 2.23. The van der Waals surface area contributed by atoms with E-state index < -0.39 is 0 Å². The molecule has 0 aliphatic heterocycles. The van der Waals surface area contributed by atoms with E-state index in [1.807, 2.05) is 12.1 Å². The van der Waals surface area contributed by atoms with Crippen molar-refractivity contribution in [3.63, 3.8) is 0 Å². The molecule has 2 fully saturated rings. The quantitative estimate of drug-likeness (QED) is 0.856. The van der Waals surface area contributed by atoms with Gasteiger partial charge in [0.2, 0.25) is 0 Å². The Morgan fingerprint density at radius 1 is 1.17 bits per heavy atom. The van der Waals surface area contributed by atoms with Crippen molar-refractivity contribution in [1.29, 1.82) is 0 Å². The highest BCUT2D eigenvalue weighted by Gasteiger charge is 2.60. The second kappa shape index (κ2) is 4.06. The van der Waals surface area contributed by atoms with E-state index in [4.69, 9.17) is 0 Å². The zero-order valence-electron chi connectivity index (χ0n) is 11.3. The average Bonchev–Trinajstić information content (AvgIpc) is 3.06. The van der Waals surface area contributed by atoms with Crippen LogP contribution in [-0.4, -0.2) is 12.6 Å². The normalized spacial score (nSPS) is 23.1. The Bertz CT molecular complexity index is 423. The monoisotopic (exact) mass is 247 g/mol. The lowest BCUT2D eigenvalue weighted by molar-refractivity contribution is 0.114. The highest BCUT2D eigenvalue weighted by atomic mass is 19.1. The van der Waals surface area contributed by atoms with Crippen molar-refractivity contribution in [1.82, 2.24) is 5.32 Å². The summed E-state index contributed by atoms with van der Waals surface area (Å²) in [4.78, 5) is 0. The fourth-order valence-electron chi connectivity index (χ4n) is 3.55. The molecule has 2 aliphatic carbocycles. The van der Waals surface area contributed by atoms with Crippen LogP contribution in [0.4, 0.5) is 4.39 Å². The first-order chi connectivity index (χ1) is 8.54. The van der Waals surface area contributed by atoms with Gasteiger partial charge in [-0.1, -0.05) is 26.0 Å². The molecular weight excluding hydrogens is 225 g/mol. The SMILES string of the molecule is CC(C)NCC1(c2ccc(F)cc2)CC2(CC2)C1. The average molecular weight is 247 g/mol. The van der Waals surface area contributed by atoms with E-state index in [1.54, 1.807) is 12.1 Å². The molecule has 0 amide bonds. The van der Waals surface area contributed by atoms with Gasteiger partial charge < -0.3 is 5.32 Å². The Morgan fingerprint density at radius 2 is 1.78 bits per heavy atom. The van der Waals surface area contributed by atoms with Crippen LogP contribution >= 0.6 is 0 Å². The summed E-state index contributed by atoms with van der Waals surface area (Å²) < 4.78 is 13.1. The van der Waals surface area contributed by atoms with Gasteiger partial charge in [0.1, 0.15) is 5.82 Å². The van der Waals surface area contributed by atoms with E-state index in [9.17, 15) is 4.39 Å². The van der Waals surface area contributed by atoms with Crippen LogP contribution in [0.25, 0.3) is 0 Å². The summed E-state index contributed by atoms with van der Waals surface area (Å²) in [6.07, 6.45) is 5.37. The van der Waals surface area contributed by atoms with E-state index in [1.165, 1.54) is 31.2 Å². The second-order valence-electron chi connectivity index (χ2n) is 6.68. The molecule has 3 rings (SSSR count). The van der Waals surface area contributed by atoms with Crippen molar-refractivity contribution in [2.45, 2.75) is 51.0 Å². The van der Waals surface area contributed by atoms with Crippen molar-refractivity contribution < 1.29 is 4.39 Å². The van der Waals surface area contributed by atoms with E-state index in [0.29, 0.717) is 11.5 Å². The summed E-state index contributed by atoms with van der Waals surface area (Å²) in [5, 5.41) is 3.57. The van der Waals surface area contributed by atoms with Gasteiger partial charge in [-0.3, -0.25) is 0 Å². The van der Waals surface area contributed by atoms with Crippen molar-refractivity contribution >= 4 is 0 Å². The molecular formula is C16H22FN. The third-order valence-corrected chi connectivity index (χ3v) is 4.69. The van der Waals surface area contributed by atoms with Crippen molar-refractivity contribution in [3.05, 3.63) is 35.6 Å². The van der Waals surface area contributed by atoms with Gasteiger partial charge in [0, 0.05) is 18.0 Å². The van der Waals surface area contributed by atoms with Crippen LogP contribution < -0.4 is 5.32 Å². The molecule has 2 heteroatoms. The zero-order valence-corrected chi connectivity index (χ0v) is 11.3. The fourth-order valence-corrected chi connectivity index (χ4v) is 3.55. The van der Waals surface area contributed by atoms with Gasteiger partial charge in [0.15, 0.2) is 0 Å². The molecule has 1 aromatic rings. The van der Waals surface area contributed by atoms with E-state index in [0.717, 1.165) is 6.54 Å². The van der Waals surface area contributed by atoms with Crippen molar-refractivity contribution in [2.75, 3.05) is 6.54 Å². The minimum Gasteiger partial charge on any atom is -0.314 e. The Hall–Kier alpha value is -0.890. The molecule has 2 aliphatic rings. The first-order valence-electron chi connectivity index (χ1n) is 7.03. The Kier molecular flexibility index (Phi) is 2.74. The molecule has 0 atom stereocenters. The summed E-state index contributed by atoms with van der Waals surface area (Å²) >= 11 is 0. The van der Waals surface area contributed by atoms with Gasteiger partial charge >= 0.3 is 0 Å². The summed E-state index contributed by atoms with van der Waals surface area (Å²) in [5.74, 6) is -0.133. The minimum absolute atomic E-state index is 0.133. The molecule has 0 radical (unpaired) electrons. The first-order valence-corrected chi connectivity index (χ1v) is 7.03. The second-order valence-corrected chi connectivity index (χ2v) is 6.68. The lowest BCUT2D eigenvalue weighted by Crippen LogP contribution is -2.50. The van der Waals surface area contributed by atoms with Gasteiger partial charge in [-0.05, 0) is 48.8 Å². The first kappa shape index (κ1) is 12.2. The molecule has 1 spiro atoms. The van der Waals surface area contributed by atoms with Crippen LogP contribution in [0.15, 0.2) is 24.3 Å². The van der Waals surface area contributed by atoms with Gasteiger partial charge in [-0.2, -0.15) is 0 Å². The molecule has 0 heterocycles. The topological polar surface area (TPSA) is 12.0 Å². The third-order valence-electron chi connectivity index (χ3n) is 4.69. The smallest absolute Gasteiger partial charge is 0.123 e. The van der Waals surface area contributed by atoms with Crippen LogP contribution in [0, 0.1) is 11.2 Å². The molecule has 1 N–H and O–H groups in total. The molecule has 1 aromatic carbocycles. The fraction of sp³-hybridized carbons (Fsp3) is 0.625. The Labute approximate surface area is 109 Å². The maximum Gasteiger partial charge on any atom is 0.123 e. The van der Waals surface area contributed by atoms with Crippen molar-refractivity contribution in [2.24, 2.45) is 5.41 Å². The third kappa shape index (κ3) is 2.07. The number of nitrogens with one attached hydrogen (secondary N) is 1. The minimum atomic E-state index is -0.133. The zero-order chi connectivity index (χ0) is 12.8. The molecule has 18 heavy (non-hydrogen) atoms. The molecule has 0 saturated heterocycles. The van der Waals surface area contributed by atoms with Crippen LogP contribution in [0.3, 0.4) is 0 Å². The van der Waals surface area contributed by atoms with Gasteiger partial charge in [0.05, 0.1) is 0 Å². The number of hydrogen-bond acceptors (Lipinski definition) is 1. The summed E-state index contributed by atoms with van der Waals surface area (Å²) in [6, 6.07) is 7.67. The lowest BCUT2D eigenvalue weighted by Gasteiger charge is -2.50. The maximum atomic E-state index is 13.1. The molecule has 2 saturated carbocycles. The highest BCUT2D eigenvalue weighted by Crippen LogP contribution is 2.68. The Morgan fingerprint density at radius 3 is 2.28 bits per heavy atom. The molecule has 1 nitrogen and oxygen atoms in total.